The molecule has 2 saturated heterocycles. The Morgan fingerprint density at radius 3 is 1.00 bits per heavy atom. The molecule has 4 aromatic heterocycles. The van der Waals surface area contributed by atoms with Crippen LogP contribution in [-0.2, 0) is 66.4 Å². The van der Waals surface area contributed by atoms with Gasteiger partial charge >= 0.3 is 31.5 Å². The minimum absolute atomic E-state index is 0.113. The Bertz CT molecular complexity index is 5370. The molecule has 0 bridgehead atoms. The summed E-state index contributed by atoms with van der Waals surface area (Å²) in [6, 6.07) is 30.8. The molecule has 6 aliphatic heterocycles. The molecule has 6 N–H and O–H groups in total. The lowest BCUT2D eigenvalue weighted by molar-refractivity contribution is -0.00588. The van der Waals surface area contributed by atoms with Gasteiger partial charge in [0, 0.05) is 44.5 Å². The zero-order valence-electron chi connectivity index (χ0n) is 75.5. The summed E-state index contributed by atoms with van der Waals surface area (Å²) in [5.74, 6) is 0.678. The summed E-state index contributed by atoms with van der Waals surface area (Å²) in [5.41, 5.74) is 2.50. The van der Waals surface area contributed by atoms with E-state index in [1.54, 1.807) is 109 Å². The normalized spacial score (nSPS) is 21.2. The highest BCUT2D eigenvalue weighted by Crippen LogP contribution is 2.51. The molecule has 14 rings (SSSR count). The molecule has 0 radical (unpaired) electrons. The monoisotopic (exact) mass is 1750 g/mol. The maximum atomic E-state index is 13.4. The van der Waals surface area contributed by atoms with Crippen molar-refractivity contribution in [3.8, 4) is 68.0 Å². The van der Waals surface area contributed by atoms with Gasteiger partial charge in [-0.05, 0) is 293 Å². The first-order chi connectivity index (χ1) is 57.7. The largest absolute Gasteiger partial charge is 0.489 e. The van der Waals surface area contributed by atoms with Gasteiger partial charge < -0.3 is 83.4 Å². The van der Waals surface area contributed by atoms with Gasteiger partial charge in [0.05, 0.1) is 41.5 Å². The van der Waals surface area contributed by atoms with Crippen LogP contribution in [0, 0.1) is 23.3 Å². The van der Waals surface area contributed by atoms with Crippen molar-refractivity contribution in [1.82, 2.24) is 41.2 Å². The summed E-state index contributed by atoms with van der Waals surface area (Å²) < 4.78 is 116. The second kappa shape index (κ2) is 35.9. The number of carbonyl (C=O) groups is 4. The first-order valence-corrected chi connectivity index (χ1v) is 41.2. The number of rotatable bonds is 13. The van der Waals surface area contributed by atoms with Crippen molar-refractivity contribution in [2.45, 2.75) is 233 Å². The van der Waals surface area contributed by atoms with Crippen molar-refractivity contribution >= 4 is 48.7 Å². The van der Waals surface area contributed by atoms with Crippen molar-refractivity contribution in [3.05, 3.63) is 208 Å². The molecule has 4 aromatic carbocycles. The molecular formula is C94H114BClF4N8O17. The molecule has 6 aliphatic rings. The molecule has 670 valence electrons. The summed E-state index contributed by atoms with van der Waals surface area (Å²) in [4.78, 5) is 67.7. The molecular weight excluding hydrogens is 1640 g/mol. The first kappa shape index (κ1) is 96.3. The SMILES string of the molecule is C=C(C)B1OC(C)(C)C(C)(C)O1.C=C(C)c1cc2c(c(-c3ccc(F)cc3)n1)OCC2(C)NC(=O)OC(C)(C)C.CC(C)(C)OC(=O)NC1(C)COc2c1cc(Cl)nc2-c1ccc(F)cc1.CC(C)(C)OC(=O)N[C@@]1(C)COc2c1cc([C@@](C)(O)CO)nc2-c1ccc(F)cc1.CC(C)(C)OC(=O)N[C@@]1(C)COc2c1cc([C@]1(C)CO1)nc2-c1ccc(F)cc1. The Hall–Kier alpha value is -10.9. The molecule has 31 heteroatoms. The van der Waals surface area contributed by atoms with Crippen LogP contribution in [0.15, 0.2) is 140 Å². The number of amides is 4. The molecule has 2 fully saturated rings. The summed E-state index contributed by atoms with van der Waals surface area (Å²) in [5, 5.41) is 32.1. The first-order valence-electron chi connectivity index (χ1n) is 40.8. The van der Waals surface area contributed by atoms with E-state index in [9.17, 15) is 47.0 Å². The van der Waals surface area contributed by atoms with E-state index in [-0.39, 0.29) is 73.0 Å². The number of alkyl carbamates (subject to hydrolysis) is 4. The van der Waals surface area contributed by atoms with Gasteiger partial charge in [0.25, 0.3) is 0 Å². The lowest BCUT2D eigenvalue weighted by Crippen LogP contribution is -2.47. The quantitative estimate of drug-likeness (QED) is 0.0205. The van der Waals surface area contributed by atoms with Crippen LogP contribution in [0.2, 0.25) is 5.15 Å². The molecule has 0 saturated carbocycles. The van der Waals surface area contributed by atoms with E-state index < -0.39 is 92.6 Å². The maximum Gasteiger partial charge on any atom is 0.489 e. The lowest BCUT2D eigenvalue weighted by Gasteiger charge is -2.32. The Labute approximate surface area is 733 Å². The number of benzene rings is 4. The average Bonchev–Trinajstić information content (AvgIpc) is 1.59. The van der Waals surface area contributed by atoms with Gasteiger partial charge in [0.1, 0.15) is 133 Å². The number of nitrogens with zero attached hydrogens (tertiary/aromatic N) is 4. The van der Waals surface area contributed by atoms with Crippen molar-refractivity contribution < 1.29 is 98.9 Å². The van der Waals surface area contributed by atoms with Crippen LogP contribution in [0.4, 0.5) is 36.7 Å². The number of aliphatic hydroxyl groups is 2. The fourth-order valence-electron chi connectivity index (χ4n) is 13.4. The van der Waals surface area contributed by atoms with Gasteiger partial charge in [-0.3, -0.25) is 0 Å². The van der Waals surface area contributed by atoms with Gasteiger partial charge in [-0.15, -0.1) is 6.58 Å². The van der Waals surface area contributed by atoms with Gasteiger partial charge in [-0.2, -0.15) is 0 Å². The number of carbonyl (C=O) groups excluding carboxylic acids is 4. The molecule has 6 atom stereocenters. The highest BCUT2D eigenvalue weighted by Gasteiger charge is 2.53. The van der Waals surface area contributed by atoms with Crippen molar-refractivity contribution in [2.24, 2.45) is 0 Å². The third-order valence-electron chi connectivity index (χ3n) is 20.9. The Kier molecular flexibility index (Phi) is 27.6. The number of hydrogen-bond donors (Lipinski definition) is 6. The summed E-state index contributed by atoms with van der Waals surface area (Å²) in [6.45, 7) is 52.8. The summed E-state index contributed by atoms with van der Waals surface area (Å²) in [6.07, 6.45) is -2.21. The summed E-state index contributed by atoms with van der Waals surface area (Å²) >= 11 is 6.20. The van der Waals surface area contributed by atoms with Gasteiger partial charge in [0.2, 0.25) is 0 Å². The highest BCUT2D eigenvalue weighted by atomic mass is 35.5. The van der Waals surface area contributed by atoms with Crippen LogP contribution in [0.25, 0.3) is 50.6 Å². The number of epoxide rings is 1. The Morgan fingerprint density at radius 1 is 0.440 bits per heavy atom. The van der Waals surface area contributed by atoms with E-state index in [1.165, 1.54) is 55.5 Å². The Morgan fingerprint density at radius 2 is 0.720 bits per heavy atom. The second-order valence-electron chi connectivity index (χ2n) is 38.1. The average molecular weight is 1750 g/mol. The van der Waals surface area contributed by atoms with E-state index in [2.05, 4.69) is 49.4 Å². The van der Waals surface area contributed by atoms with Crippen molar-refractivity contribution in [2.75, 3.05) is 39.6 Å². The van der Waals surface area contributed by atoms with Crippen molar-refractivity contribution in [3.63, 3.8) is 0 Å². The molecule has 2 unspecified atom stereocenters. The number of fused-ring (bicyclic) bond motifs is 4. The third kappa shape index (κ3) is 23.4. The van der Waals surface area contributed by atoms with Crippen LogP contribution >= 0.6 is 11.6 Å². The maximum absolute atomic E-state index is 13.4. The number of aliphatic hydroxyl groups excluding tert-OH is 1. The van der Waals surface area contributed by atoms with Crippen molar-refractivity contribution in [1.29, 1.82) is 0 Å². The van der Waals surface area contributed by atoms with Crippen LogP contribution in [0.5, 0.6) is 23.0 Å². The molecule has 125 heavy (non-hydrogen) atoms. The van der Waals surface area contributed by atoms with Crippen LogP contribution in [-0.4, -0.2) is 135 Å². The predicted molar refractivity (Wildman–Crippen MR) is 468 cm³/mol. The standard InChI is InChI=1S/C22H27FN2O5.C22H25FN2O4.C22H25FN2O3.C19H20ClFN2O3.C9H17BO2/c1-20(2,3)30-19(27)25-21(4)12-29-18-15(21)10-16(22(5,28)11-26)24-17(18)13-6-8-14(23)9-7-13;1-20(2,3)29-19(26)25-21(4)11-27-18-15(21)10-16(22(5)12-28-22)24-17(18)13-6-8-14(23)9-7-13;1-13(2)17-11-16-19(18(24-17)14-7-9-15(23)10-8-14)27-12-22(16,6)25-20(26)28-21(3,4)5;1-18(2,3)26-17(24)23-19(4)10-25-16-13(19)9-14(20)22-15(16)11-5-7-12(21)8-6-11;1-7(2)10-11-8(3,4)9(5,6)12-10/h6-10,26,28H,11-12H2,1-5H3,(H,25,27);6-10H,11-12H2,1-5H3,(H,25,26);7-11H,1,12H2,2-6H3,(H,25,26);5-9H,10H2,1-4H3,(H,23,24);1H2,2-6H3/t2*21-,22-;;;/m00.../s1. The van der Waals surface area contributed by atoms with E-state index in [0.29, 0.717) is 80.3 Å². The van der Waals surface area contributed by atoms with Crippen LogP contribution < -0.4 is 40.2 Å². The van der Waals surface area contributed by atoms with Crippen LogP contribution in [0.3, 0.4) is 0 Å². The zero-order chi connectivity index (χ0) is 92.7. The van der Waals surface area contributed by atoms with E-state index in [1.807, 2.05) is 123 Å². The number of allylic oxidation sites excluding steroid dienone is 2. The van der Waals surface area contributed by atoms with Gasteiger partial charge in [0.15, 0.2) is 23.0 Å². The molecule has 4 amide bonds. The smallest absolute Gasteiger partial charge is 0.488 e. The number of hydrogen-bond acceptors (Lipinski definition) is 21. The molecule has 0 spiro atoms. The zero-order valence-corrected chi connectivity index (χ0v) is 76.2. The van der Waals surface area contributed by atoms with E-state index >= 15 is 0 Å². The highest BCUT2D eigenvalue weighted by molar-refractivity contribution is 6.54. The van der Waals surface area contributed by atoms with Crippen LogP contribution in [0.1, 0.15) is 206 Å². The minimum atomic E-state index is -1.63. The van der Waals surface area contributed by atoms with E-state index in [0.717, 1.165) is 39.0 Å². The van der Waals surface area contributed by atoms with Gasteiger partial charge in [-0.1, -0.05) is 23.7 Å². The molecule has 25 nitrogen and oxygen atoms in total. The minimum Gasteiger partial charge on any atom is -0.488 e. The molecule has 8 aromatic rings. The number of pyridine rings is 4. The number of nitrogens with one attached hydrogen (secondary N) is 4. The van der Waals surface area contributed by atoms with Gasteiger partial charge in [-0.25, -0.2) is 56.7 Å². The summed E-state index contributed by atoms with van der Waals surface area (Å²) in [7, 11) is -0.241. The second-order valence-corrected chi connectivity index (χ2v) is 38.4. The number of ether oxygens (including phenoxy) is 9. The third-order valence-corrected chi connectivity index (χ3v) is 21.1. The number of aromatic nitrogens is 4. The molecule has 10 heterocycles. The molecule has 0 aliphatic carbocycles. The topological polar surface area (TPSA) is 313 Å². The number of halogens is 5. The van der Waals surface area contributed by atoms with E-state index in [4.69, 9.17) is 68.5 Å². The Balaban J connectivity index is 0.000000167. The predicted octanol–water partition coefficient (Wildman–Crippen LogP) is 19.4. The fourth-order valence-corrected chi connectivity index (χ4v) is 13.6. The lowest BCUT2D eigenvalue weighted by atomic mass is 9.81. The fraction of sp³-hybridized carbons (Fsp3) is 0.447.